The lowest BCUT2D eigenvalue weighted by atomic mass is 10.1. The minimum atomic E-state index is -0.134. The van der Waals surface area contributed by atoms with Crippen molar-refractivity contribution in [1.29, 1.82) is 0 Å². The summed E-state index contributed by atoms with van der Waals surface area (Å²) in [6, 6.07) is 11.0. The van der Waals surface area contributed by atoms with Crippen LogP contribution in [0.5, 0.6) is 17.2 Å². The topological polar surface area (TPSA) is 73.4 Å². The molecular weight excluding hydrogens is 466 g/mol. The summed E-state index contributed by atoms with van der Waals surface area (Å²) >= 11 is 1.49. The van der Waals surface area contributed by atoms with Crippen LogP contribution in [-0.2, 0) is 4.74 Å². The van der Waals surface area contributed by atoms with E-state index in [0.717, 1.165) is 35.6 Å². The number of carbonyl (C=O) groups is 1. The number of methoxy groups -OCH3 is 3. The molecule has 0 spiro atoms. The minimum absolute atomic E-state index is 0. The fraction of sp³-hybridized carbons (Fsp3) is 0.391. The van der Waals surface area contributed by atoms with E-state index in [1.54, 1.807) is 44.4 Å². The lowest BCUT2D eigenvalue weighted by Gasteiger charge is -2.29. The van der Waals surface area contributed by atoms with Crippen molar-refractivity contribution < 1.29 is 23.7 Å². The predicted molar refractivity (Wildman–Crippen MR) is 132 cm³/mol. The van der Waals surface area contributed by atoms with Gasteiger partial charge in [-0.1, -0.05) is 11.3 Å². The molecule has 1 aliphatic heterocycles. The average molecular weight is 494 g/mol. The molecule has 10 heteroatoms. The summed E-state index contributed by atoms with van der Waals surface area (Å²) in [4.78, 5) is 22.4. The molecule has 1 fully saturated rings. The van der Waals surface area contributed by atoms with Crippen LogP contribution >= 0.6 is 23.7 Å². The van der Waals surface area contributed by atoms with Crippen LogP contribution in [0, 0.1) is 0 Å². The predicted octanol–water partition coefficient (Wildman–Crippen LogP) is 3.72. The van der Waals surface area contributed by atoms with Gasteiger partial charge in [-0.2, -0.15) is 0 Å². The van der Waals surface area contributed by atoms with E-state index in [4.69, 9.17) is 23.9 Å². The number of anilines is 1. The summed E-state index contributed by atoms with van der Waals surface area (Å²) in [6.45, 7) is 4.39. The molecule has 0 radical (unpaired) electrons. The summed E-state index contributed by atoms with van der Waals surface area (Å²) in [7, 11) is 4.76. The minimum Gasteiger partial charge on any atom is -0.497 e. The Morgan fingerprint density at radius 3 is 2.52 bits per heavy atom. The molecule has 3 aromatic rings. The second-order valence-electron chi connectivity index (χ2n) is 7.31. The van der Waals surface area contributed by atoms with Gasteiger partial charge in [0, 0.05) is 37.8 Å². The van der Waals surface area contributed by atoms with Crippen LogP contribution in [0.2, 0.25) is 0 Å². The van der Waals surface area contributed by atoms with Gasteiger partial charge in [-0.05, 0) is 30.3 Å². The Morgan fingerprint density at radius 1 is 1.06 bits per heavy atom. The summed E-state index contributed by atoms with van der Waals surface area (Å²) in [5.74, 6) is 1.70. The van der Waals surface area contributed by atoms with Crippen molar-refractivity contribution in [2.24, 2.45) is 0 Å². The number of benzene rings is 2. The molecular formula is C23H28ClN3O5S. The van der Waals surface area contributed by atoms with Crippen LogP contribution in [0.1, 0.15) is 10.4 Å². The highest BCUT2D eigenvalue weighted by Gasteiger charge is 2.24. The van der Waals surface area contributed by atoms with Crippen LogP contribution in [-0.4, -0.2) is 76.5 Å². The number of amides is 1. The summed E-state index contributed by atoms with van der Waals surface area (Å²) < 4.78 is 22.5. The second kappa shape index (κ2) is 11.5. The molecule has 1 aliphatic rings. The number of carbonyl (C=O) groups excluding carboxylic acids is 1. The number of hydrogen-bond donors (Lipinski definition) is 0. The van der Waals surface area contributed by atoms with Gasteiger partial charge in [0.05, 0.1) is 44.8 Å². The first-order chi connectivity index (χ1) is 15.6. The second-order valence-corrected chi connectivity index (χ2v) is 8.32. The zero-order valence-electron chi connectivity index (χ0n) is 18.9. The average Bonchev–Trinajstić information content (AvgIpc) is 3.27. The molecule has 8 nitrogen and oxygen atoms in total. The van der Waals surface area contributed by atoms with Gasteiger partial charge in [0.2, 0.25) is 0 Å². The first-order valence-electron chi connectivity index (χ1n) is 10.4. The molecule has 1 aromatic heterocycles. The SMILES string of the molecule is COc1ccc2sc(N(CCN3CCOCC3)C(=O)c3ccc(OC)c(OC)c3)nc2c1.Cl. The maximum atomic E-state index is 13.6. The van der Waals surface area contributed by atoms with Crippen molar-refractivity contribution >= 4 is 45.0 Å². The highest BCUT2D eigenvalue weighted by Crippen LogP contribution is 2.33. The van der Waals surface area contributed by atoms with Crippen LogP contribution in [0.3, 0.4) is 0 Å². The monoisotopic (exact) mass is 493 g/mol. The summed E-state index contributed by atoms with van der Waals surface area (Å²) in [5.41, 5.74) is 1.32. The molecule has 0 N–H and O–H groups in total. The summed E-state index contributed by atoms with van der Waals surface area (Å²) in [6.07, 6.45) is 0. The Kier molecular flexibility index (Phi) is 8.74. The number of hydrogen-bond acceptors (Lipinski definition) is 8. The number of thiazole rings is 1. The normalized spacial score (nSPS) is 13.9. The molecule has 2 heterocycles. The zero-order chi connectivity index (χ0) is 22.5. The van der Waals surface area contributed by atoms with Gasteiger partial charge in [0.25, 0.3) is 5.91 Å². The number of fused-ring (bicyclic) bond motifs is 1. The molecule has 1 saturated heterocycles. The van der Waals surface area contributed by atoms with E-state index in [1.807, 2.05) is 18.2 Å². The molecule has 0 saturated carbocycles. The standard InChI is InChI=1S/C23H27N3O5S.ClH/c1-28-17-5-7-21-18(15-17)24-23(32-21)26(9-8-25-10-12-31-13-11-25)22(27)16-4-6-19(29-2)20(14-16)30-3;/h4-7,14-15H,8-13H2,1-3H3;1H. The van der Waals surface area contributed by atoms with Crippen molar-refractivity contribution in [1.82, 2.24) is 9.88 Å². The van der Waals surface area contributed by atoms with Gasteiger partial charge in [0.1, 0.15) is 5.75 Å². The Bertz CT molecular complexity index is 1090. The smallest absolute Gasteiger partial charge is 0.260 e. The first kappa shape index (κ1) is 25.0. The Labute approximate surface area is 203 Å². The number of aromatic nitrogens is 1. The lowest BCUT2D eigenvalue weighted by molar-refractivity contribution is 0.0391. The number of rotatable bonds is 8. The maximum Gasteiger partial charge on any atom is 0.260 e. The van der Waals surface area contributed by atoms with Crippen molar-refractivity contribution in [3.63, 3.8) is 0 Å². The van der Waals surface area contributed by atoms with E-state index in [9.17, 15) is 4.79 Å². The fourth-order valence-electron chi connectivity index (χ4n) is 3.61. The Morgan fingerprint density at radius 2 is 1.82 bits per heavy atom. The lowest BCUT2D eigenvalue weighted by Crippen LogP contribution is -2.43. The van der Waals surface area contributed by atoms with Crippen LogP contribution in [0.4, 0.5) is 5.13 Å². The van der Waals surface area contributed by atoms with Gasteiger partial charge in [0.15, 0.2) is 16.6 Å². The number of morpholine rings is 1. The highest BCUT2D eigenvalue weighted by molar-refractivity contribution is 7.22. The fourth-order valence-corrected chi connectivity index (χ4v) is 4.58. The number of halogens is 1. The molecule has 0 atom stereocenters. The molecule has 33 heavy (non-hydrogen) atoms. The Balaban J connectivity index is 0.00000306. The first-order valence-corrected chi connectivity index (χ1v) is 11.2. The van der Waals surface area contributed by atoms with Crippen LogP contribution in [0.15, 0.2) is 36.4 Å². The van der Waals surface area contributed by atoms with Gasteiger partial charge in [-0.3, -0.25) is 14.6 Å². The van der Waals surface area contributed by atoms with E-state index in [0.29, 0.717) is 42.0 Å². The zero-order valence-corrected chi connectivity index (χ0v) is 20.5. The van der Waals surface area contributed by atoms with Crippen molar-refractivity contribution in [2.75, 3.05) is 65.6 Å². The van der Waals surface area contributed by atoms with Crippen molar-refractivity contribution in [3.8, 4) is 17.2 Å². The molecule has 0 bridgehead atoms. The van der Waals surface area contributed by atoms with Gasteiger partial charge >= 0.3 is 0 Å². The third-order valence-electron chi connectivity index (χ3n) is 5.43. The van der Waals surface area contributed by atoms with Crippen LogP contribution in [0.25, 0.3) is 10.2 Å². The third-order valence-corrected chi connectivity index (χ3v) is 6.49. The molecule has 4 rings (SSSR count). The molecule has 0 aliphatic carbocycles. The summed E-state index contributed by atoms with van der Waals surface area (Å²) in [5, 5.41) is 0.654. The Hall–Kier alpha value is -2.59. The van der Waals surface area contributed by atoms with Crippen molar-refractivity contribution in [3.05, 3.63) is 42.0 Å². The van der Waals surface area contributed by atoms with E-state index < -0.39 is 0 Å². The van der Waals surface area contributed by atoms with E-state index in [1.165, 1.54) is 11.3 Å². The van der Waals surface area contributed by atoms with E-state index >= 15 is 0 Å². The largest absolute Gasteiger partial charge is 0.497 e. The molecule has 0 unspecified atom stereocenters. The third kappa shape index (κ3) is 5.67. The maximum absolute atomic E-state index is 13.6. The van der Waals surface area contributed by atoms with E-state index in [-0.39, 0.29) is 18.3 Å². The van der Waals surface area contributed by atoms with Gasteiger partial charge < -0.3 is 18.9 Å². The van der Waals surface area contributed by atoms with E-state index in [2.05, 4.69) is 4.90 Å². The highest BCUT2D eigenvalue weighted by atomic mass is 35.5. The van der Waals surface area contributed by atoms with Gasteiger partial charge in [-0.25, -0.2) is 4.98 Å². The molecule has 178 valence electrons. The van der Waals surface area contributed by atoms with Gasteiger partial charge in [-0.15, -0.1) is 12.4 Å². The van der Waals surface area contributed by atoms with Crippen molar-refractivity contribution in [2.45, 2.75) is 0 Å². The number of ether oxygens (including phenoxy) is 4. The van der Waals surface area contributed by atoms with Crippen LogP contribution < -0.4 is 19.1 Å². The molecule has 1 amide bonds. The quantitative estimate of drug-likeness (QED) is 0.473. The number of nitrogens with zero attached hydrogens (tertiary/aromatic N) is 3. The molecule has 2 aromatic carbocycles.